The Morgan fingerprint density at radius 2 is 1.80 bits per heavy atom. The van der Waals surface area contributed by atoms with Crippen LogP contribution in [0, 0.1) is 0 Å². The van der Waals surface area contributed by atoms with Crippen LogP contribution < -0.4 is 5.32 Å². The predicted octanol–water partition coefficient (Wildman–Crippen LogP) is 1.29. The first kappa shape index (κ1) is 12.0. The molecular formula is C9H14N2O3S. The van der Waals surface area contributed by atoms with Crippen LogP contribution in [0.3, 0.4) is 0 Å². The molecule has 1 saturated heterocycles. The quantitative estimate of drug-likeness (QED) is 0.449. The van der Waals surface area contributed by atoms with Crippen LogP contribution in [0.4, 0.5) is 4.79 Å². The maximum absolute atomic E-state index is 11.3. The minimum atomic E-state index is -0.845. The Bertz CT molecular complexity index is 312. The van der Waals surface area contributed by atoms with Crippen molar-refractivity contribution in [3.05, 3.63) is 0 Å². The molecule has 1 rings (SSSR count). The van der Waals surface area contributed by atoms with E-state index in [0.717, 1.165) is 29.1 Å². The molecule has 0 unspecified atom stereocenters. The van der Waals surface area contributed by atoms with Crippen molar-refractivity contribution in [3.8, 4) is 0 Å². The van der Waals surface area contributed by atoms with Crippen molar-refractivity contribution in [2.45, 2.75) is 38.4 Å². The Morgan fingerprint density at radius 1 is 1.27 bits per heavy atom. The third-order valence-electron chi connectivity index (χ3n) is 2.59. The summed E-state index contributed by atoms with van der Waals surface area (Å²) < 4.78 is 0.715. The van der Waals surface area contributed by atoms with Crippen LogP contribution in [0.1, 0.15) is 33.6 Å². The van der Waals surface area contributed by atoms with Gasteiger partial charge in [0.05, 0.1) is 0 Å². The van der Waals surface area contributed by atoms with Gasteiger partial charge in [0.15, 0.2) is 0 Å². The Balaban J connectivity index is 2.78. The first-order chi connectivity index (χ1) is 6.93. The monoisotopic (exact) mass is 230 g/mol. The molecular weight excluding hydrogens is 216 g/mol. The van der Waals surface area contributed by atoms with E-state index >= 15 is 0 Å². The van der Waals surface area contributed by atoms with E-state index in [4.69, 9.17) is 0 Å². The van der Waals surface area contributed by atoms with Gasteiger partial charge in [0, 0.05) is 4.75 Å². The molecule has 5 nitrogen and oxygen atoms in total. The van der Waals surface area contributed by atoms with E-state index in [2.05, 4.69) is 0 Å². The summed E-state index contributed by atoms with van der Waals surface area (Å²) in [6.45, 7) is 5.93. The normalized spacial score (nSPS) is 17.3. The average Bonchev–Trinajstić information content (AvgIpc) is 2.45. The highest BCUT2D eigenvalue weighted by Gasteiger charge is 2.41. The summed E-state index contributed by atoms with van der Waals surface area (Å²) in [5.41, 5.74) is 0. The number of carbonyl (C=O) groups excluding carboxylic acids is 3. The summed E-state index contributed by atoms with van der Waals surface area (Å²) in [4.78, 5) is 33.5. The standard InChI is InChI=1S/C9H14N2O3S/c1-4-9(3,5-2)15-11-7(13)6(12)10-8(11)14/h4-5H2,1-3H3,(H,10,12,14). The molecule has 0 saturated carbocycles. The molecule has 6 heteroatoms. The fraction of sp³-hybridized carbons (Fsp3) is 0.667. The maximum atomic E-state index is 11.3. The number of imide groups is 2. The molecule has 0 spiro atoms. The van der Waals surface area contributed by atoms with Crippen molar-refractivity contribution in [2.75, 3.05) is 0 Å². The lowest BCUT2D eigenvalue weighted by atomic mass is 10.1. The molecule has 1 aliphatic rings. The van der Waals surface area contributed by atoms with E-state index in [-0.39, 0.29) is 4.75 Å². The smallest absolute Gasteiger partial charge is 0.268 e. The number of hydrogen-bond acceptors (Lipinski definition) is 4. The third-order valence-corrected chi connectivity index (χ3v) is 4.12. The number of nitrogens with one attached hydrogen (secondary N) is 1. The zero-order valence-electron chi connectivity index (χ0n) is 8.99. The summed E-state index contributed by atoms with van der Waals surface area (Å²) in [5.74, 6) is -1.62. The van der Waals surface area contributed by atoms with Crippen LogP contribution in [0.5, 0.6) is 0 Å². The Morgan fingerprint density at radius 3 is 2.13 bits per heavy atom. The van der Waals surface area contributed by atoms with Crippen molar-refractivity contribution in [3.63, 3.8) is 0 Å². The van der Waals surface area contributed by atoms with Gasteiger partial charge in [0.25, 0.3) is 0 Å². The van der Waals surface area contributed by atoms with Gasteiger partial charge in [-0.3, -0.25) is 14.9 Å². The topological polar surface area (TPSA) is 66.5 Å². The van der Waals surface area contributed by atoms with Crippen molar-refractivity contribution >= 4 is 29.8 Å². The van der Waals surface area contributed by atoms with Crippen molar-refractivity contribution in [1.29, 1.82) is 0 Å². The number of rotatable bonds is 4. The summed E-state index contributed by atoms with van der Waals surface area (Å²) in [5, 5.41) is 1.97. The molecule has 1 N–H and O–H groups in total. The lowest BCUT2D eigenvalue weighted by molar-refractivity contribution is -0.138. The molecule has 0 atom stereocenters. The fourth-order valence-electron chi connectivity index (χ4n) is 1.07. The third kappa shape index (κ3) is 2.31. The maximum Gasteiger partial charge on any atom is 0.341 e. The molecule has 0 aromatic carbocycles. The van der Waals surface area contributed by atoms with Gasteiger partial charge in [0.2, 0.25) is 0 Å². The molecule has 1 aliphatic heterocycles. The zero-order valence-corrected chi connectivity index (χ0v) is 9.81. The summed E-state index contributed by atoms with van der Waals surface area (Å²) in [6, 6.07) is -0.636. The first-order valence-electron chi connectivity index (χ1n) is 4.82. The van der Waals surface area contributed by atoms with Crippen LogP contribution in [0.2, 0.25) is 0 Å². The van der Waals surface area contributed by atoms with Crippen LogP contribution in [-0.2, 0) is 9.59 Å². The van der Waals surface area contributed by atoms with Gasteiger partial charge in [0.1, 0.15) is 0 Å². The van der Waals surface area contributed by atoms with E-state index < -0.39 is 17.8 Å². The second-order valence-corrected chi connectivity index (χ2v) is 5.14. The largest absolute Gasteiger partial charge is 0.341 e. The SMILES string of the molecule is CCC(C)(CC)SN1C(=O)NC(=O)C1=O. The Hall–Kier alpha value is -1.04. The molecule has 1 heterocycles. The molecule has 0 radical (unpaired) electrons. The van der Waals surface area contributed by atoms with Gasteiger partial charge in [-0.1, -0.05) is 13.8 Å². The van der Waals surface area contributed by atoms with Gasteiger partial charge >= 0.3 is 17.8 Å². The average molecular weight is 230 g/mol. The first-order valence-corrected chi connectivity index (χ1v) is 5.59. The second kappa shape index (κ2) is 4.22. The van der Waals surface area contributed by atoms with Crippen molar-refractivity contribution < 1.29 is 14.4 Å². The molecule has 0 aromatic heterocycles. The number of nitrogens with zero attached hydrogens (tertiary/aromatic N) is 1. The van der Waals surface area contributed by atoms with Crippen LogP contribution in [0.25, 0.3) is 0 Å². The van der Waals surface area contributed by atoms with E-state index in [1.165, 1.54) is 0 Å². The number of hydrogen-bond donors (Lipinski definition) is 1. The van der Waals surface area contributed by atoms with E-state index in [9.17, 15) is 14.4 Å². The molecule has 4 amide bonds. The summed E-state index contributed by atoms with van der Waals surface area (Å²) in [6.07, 6.45) is 1.64. The molecule has 0 aromatic rings. The number of urea groups is 1. The lowest BCUT2D eigenvalue weighted by Gasteiger charge is -2.28. The van der Waals surface area contributed by atoms with E-state index in [1.54, 1.807) is 0 Å². The highest BCUT2D eigenvalue weighted by atomic mass is 32.2. The zero-order chi connectivity index (χ0) is 11.6. The number of amides is 4. The molecule has 1 fully saturated rings. The second-order valence-electron chi connectivity index (χ2n) is 3.61. The van der Waals surface area contributed by atoms with E-state index in [1.807, 2.05) is 26.1 Å². The number of carbonyl (C=O) groups is 3. The van der Waals surface area contributed by atoms with Gasteiger partial charge in [-0.25, -0.2) is 4.79 Å². The van der Waals surface area contributed by atoms with Crippen LogP contribution in [0.15, 0.2) is 0 Å². The van der Waals surface area contributed by atoms with Gasteiger partial charge in [-0.05, 0) is 31.7 Å². The fourth-order valence-corrected chi connectivity index (χ4v) is 2.06. The molecule has 84 valence electrons. The highest BCUT2D eigenvalue weighted by Crippen LogP contribution is 2.35. The van der Waals surface area contributed by atoms with E-state index in [0.29, 0.717) is 0 Å². The minimum absolute atomic E-state index is 0.197. The molecule has 15 heavy (non-hydrogen) atoms. The lowest BCUT2D eigenvalue weighted by Crippen LogP contribution is -2.31. The Labute approximate surface area is 92.7 Å². The molecule has 0 aliphatic carbocycles. The Kier molecular flexibility index (Phi) is 3.38. The van der Waals surface area contributed by atoms with Crippen molar-refractivity contribution in [2.24, 2.45) is 0 Å². The highest BCUT2D eigenvalue weighted by molar-refractivity contribution is 7.99. The van der Waals surface area contributed by atoms with Crippen LogP contribution in [-0.4, -0.2) is 26.9 Å². The predicted molar refractivity (Wildman–Crippen MR) is 57.0 cm³/mol. The van der Waals surface area contributed by atoms with Crippen molar-refractivity contribution in [1.82, 2.24) is 9.62 Å². The minimum Gasteiger partial charge on any atom is -0.268 e. The molecule has 0 bridgehead atoms. The summed E-state index contributed by atoms with van der Waals surface area (Å²) in [7, 11) is 0. The van der Waals surface area contributed by atoms with Gasteiger partial charge < -0.3 is 0 Å². The van der Waals surface area contributed by atoms with Crippen LogP contribution >= 0.6 is 11.9 Å². The van der Waals surface area contributed by atoms with Gasteiger partial charge in [-0.2, -0.15) is 4.31 Å². The summed E-state index contributed by atoms with van der Waals surface area (Å²) >= 11 is 1.13. The van der Waals surface area contributed by atoms with Gasteiger partial charge in [-0.15, -0.1) is 0 Å².